The predicted octanol–water partition coefficient (Wildman–Crippen LogP) is 1.04. The lowest BCUT2D eigenvalue weighted by Crippen LogP contribution is -2.27. The number of rotatable bonds is 7. The van der Waals surface area contributed by atoms with Crippen LogP contribution in [0.1, 0.15) is 19.3 Å². The van der Waals surface area contributed by atoms with Crippen molar-refractivity contribution in [3.05, 3.63) is 24.3 Å². The van der Waals surface area contributed by atoms with E-state index in [4.69, 9.17) is 0 Å². The van der Waals surface area contributed by atoms with Crippen molar-refractivity contribution in [2.75, 3.05) is 38.6 Å². The van der Waals surface area contributed by atoms with E-state index in [0.29, 0.717) is 19.5 Å². The van der Waals surface area contributed by atoms with Crippen LogP contribution in [0, 0.1) is 0 Å². The molecule has 6 nitrogen and oxygen atoms in total. The molecular formula is C15H23N3O3S. The largest absolute Gasteiger partial charge is 0.312 e. The van der Waals surface area contributed by atoms with Crippen molar-refractivity contribution in [2.24, 2.45) is 0 Å². The maximum atomic E-state index is 12.2. The Morgan fingerprint density at radius 2 is 1.91 bits per heavy atom. The second kappa shape index (κ2) is 7.21. The molecule has 0 spiro atoms. The smallest absolute Gasteiger partial charge is 0.240 e. The number of benzene rings is 1. The zero-order valence-electron chi connectivity index (χ0n) is 13.1. The van der Waals surface area contributed by atoms with E-state index in [1.54, 1.807) is 29.2 Å². The highest BCUT2D eigenvalue weighted by Crippen LogP contribution is 2.22. The molecule has 1 N–H and O–H groups in total. The van der Waals surface area contributed by atoms with E-state index in [1.807, 2.05) is 19.0 Å². The highest BCUT2D eigenvalue weighted by Gasteiger charge is 2.22. The molecule has 1 aliphatic heterocycles. The van der Waals surface area contributed by atoms with Gasteiger partial charge in [-0.05, 0) is 57.7 Å². The minimum absolute atomic E-state index is 0.0948. The van der Waals surface area contributed by atoms with E-state index in [-0.39, 0.29) is 10.8 Å². The van der Waals surface area contributed by atoms with Crippen molar-refractivity contribution in [1.82, 2.24) is 9.62 Å². The van der Waals surface area contributed by atoms with Gasteiger partial charge >= 0.3 is 0 Å². The molecule has 0 radical (unpaired) electrons. The van der Waals surface area contributed by atoms with Crippen LogP contribution in [0.5, 0.6) is 0 Å². The van der Waals surface area contributed by atoms with Gasteiger partial charge in [0.25, 0.3) is 0 Å². The summed E-state index contributed by atoms with van der Waals surface area (Å²) in [6, 6.07) is 6.49. The molecule has 22 heavy (non-hydrogen) atoms. The van der Waals surface area contributed by atoms with Gasteiger partial charge < -0.3 is 9.80 Å². The standard InChI is InChI=1S/C15H23N3O3S/c1-17(2)11-4-10-16-22(20,21)14-8-6-13(7-9-14)18-12-3-5-15(18)19/h6-9,16H,3-5,10-12H2,1-2H3. The highest BCUT2D eigenvalue weighted by atomic mass is 32.2. The third kappa shape index (κ3) is 4.28. The Bertz CT molecular complexity index is 611. The van der Waals surface area contributed by atoms with Gasteiger partial charge in [-0.15, -0.1) is 0 Å². The van der Waals surface area contributed by atoms with Crippen LogP contribution in [-0.2, 0) is 14.8 Å². The van der Waals surface area contributed by atoms with Crippen LogP contribution in [0.3, 0.4) is 0 Å². The summed E-state index contributed by atoms with van der Waals surface area (Å²) in [5.41, 5.74) is 0.758. The number of hydrogen-bond acceptors (Lipinski definition) is 4. The monoisotopic (exact) mass is 325 g/mol. The molecule has 1 aromatic rings. The van der Waals surface area contributed by atoms with Crippen LogP contribution in [0.15, 0.2) is 29.2 Å². The van der Waals surface area contributed by atoms with Crippen molar-refractivity contribution >= 4 is 21.6 Å². The minimum Gasteiger partial charge on any atom is -0.312 e. The lowest BCUT2D eigenvalue weighted by molar-refractivity contribution is -0.117. The average molecular weight is 325 g/mol. The first kappa shape index (κ1) is 16.9. The predicted molar refractivity (Wildman–Crippen MR) is 86.4 cm³/mol. The number of carbonyl (C=O) groups excluding carboxylic acids is 1. The van der Waals surface area contributed by atoms with Gasteiger partial charge in [-0.2, -0.15) is 0 Å². The van der Waals surface area contributed by atoms with E-state index in [0.717, 1.165) is 25.1 Å². The number of nitrogens with zero attached hydrogens (tertiary/aromatic N) is 2. The fraction of sp³-hybridized carbons (Fsp3) is 0.533. The van der Waals surface area contributed by atoms with Crippen molar-refractivity contribution < 1.29 is 13.2 Å². The Balaban J connectivity index is 1.98. The topological polar surface area (TPSA) is 69.7 Å². The molecule has 0 aliphatic carbocycles. The van der Waals surface area contributed by atoms with Gasteiger partial charge in [0, 0.05) is 25.2 Å². The number of anilines is 1. The normalized spacial score (nSPS) is 15.8. The second-order valence-electron chi connectivity index (χ2n) is 5.70. The lowest BCUT2D eigenvalue weighted by Gasteiger charge is -2.16. The van der Waals surface area contributed by atoms with Crippen LogP contribution >= 0.6 is 0 Å². The third-order valence-electron chi connectivity index (χ3n) is 3.61. The number of hydrogen-bond donors (Lipinski definition) is 1. The van der Waals surface area contributed by atoms with Gasteiger partial charge in [0.2, 0.25) is 15.9 Å². The Labute approximate surface area is 132 Å². The quantitative estimate of drug-likeness (QED) is 0.761. The molecule has 0 unspecified atom stereocenters. The van der Waals surface area contributed by atoms with Crippen LogP contribution < -0.4 is 9.62 Å². The van der Waals surface area contributed by atoms with Gasteiger partial charge in [0.05, 0.1) is 4.90 Å². The summed E-state index contributed by atoms with van der Waals surface area (Å²) in [5.74, 6) is 0.0948. The zero-order valence-corrected chi connectivity index (χ0v) is 13.9. The summed E-state index contributed by atoms with van der Waals surface area (Å²) < 4.78 is 26.9. The molecule has 0 saturated carbocycles. The molecular weight excluding hydrogens is 302 g/mol. The molecule has 2 rings (SSSR count). The van der Waals surface area contributed by atoms with Crippen molar-refractivity contribution in [3.8, 4) is 0 Å². The van der Waals surface area contributed by atoms with Crippen molar-refractivity contribution in [3.63, 3.8) is 0 Å². The summed E-state index contributed by atoms with van der Waals surface area (Å²) in [7, 11) is 0.419. The average Bonchev–Trinajstić information content (AvgIpc) is 2.90. The van der Waals surface area contributed by atoms with Gasteiger partial charge in [0.1, 0.15) is 0 Å². The number of carbonyl (C=O) groups is 1. The van der Waals surface area contributed by atoms with Gasteiger partial charge in [0.15, 0.2) is 0 Å². The molecule has 0 aromatic heterocycles. The fourth-order valence-corrected chi connectivity index (χ4v) is 3.49. The summed E-state index contributed by atoms with van der Waals surface area (Å²) in [4.78, 5) is 15.6. The molecule has 7 heteroatoms. The minimum atomic E-state index is -3.48. The van der Waals surface area contributed by atoms with Gasteiger partial charge in [-0.25, -0.2) is 13.1 Å². The lowest BCUT2D eigenvalue weighted by atomic mass is 10.3. The molecule has 1 heterocycles. The van der Waals surface area contributed by atoms with E-state index >= 15 is 0 Å². The zero-order chi connectivity index (χ0) is 16.2. The van der Waals surface area contributed by atoms with Gasteiger partial charge in [-0.1, -0.05) is 0 Å². The molecule has 1 amide bonds. The molecule has 122 valence electrons. The second-order valence-corrected chi connectivity index (χ2v) is 7.46. The first-order chi connectivity index (χ1) is 10.4. The molecule has 1 aliphatic rings. The Morgan fingerprint density at radius 3 is 2.45 bits per heavy atom. The van der Waals surface area contributed by atoms with Crippen LogP contribution in [0.25, 0.3) is 0 Å². The van der Waals surface area contributed by atoms with E-state index < -0.39 is 10.0 Å². The molecule has 0 atom stereocenters. The maximum Gasteiger partial charge on any atom is 0.240 e. The summed E-state index contributed by atoms with van der Waals surface area (Å²) in [5, 5.41) is 0. The van der Waals surface area contributed by atoms with Crippen molar-refractivity contribution in [1.29, 1.82) is 0 Å². The first-order valence-corrected chi connectivity index (χ1v) is 8.93. The number of nitrogens with one attached hydrogen (secondary N) is 1. The van der Waals surface area contributed by atoms with E-state index in [9.17, 15) is 13.2 Å². The van der Waals surface area contributed by atoms with E-state index in [1.165, 1.54) is 0 Å². The summed E-state index contributed by atoms with van der Waals surface area (Å²) in [6.07, 6.45) is 2.17. The van der Waals surface area contributed by atoms with Crippen LogP contribution in [0.2, 0.25) is 0 Å². The highest BCUT2D eigenvalue weighted by molar-refractivity contribution is 7.89. The summed E-state index contributed by atoms with van der Waals surface area (Å²) in [6.45, 7) is 1.94. The molecule has 1 fully saturated rings. The third-order valence-corrected chi connectivity index (χ3v) is 5.08. The van der Waals surface area contributed by atoms with Crippen LogP contribution in [-0.4, -0.2) is 53.0 Å². The first-order valence-electron chi connectivity index (χ1n) is 7.45. The maximum absolute atomic E-state index is 12.2. The van der Waals surface area contributed by atoms with Crippen LogP contribution in [0.4, 0.5) is 5.69 Å². The van der Waals surface area contributed by atoms with E-state index in [2.05, 4.69) is 4.72 Å². The number of sulfonamides is 1. The van der Waals surface area contributed by atoms with Crippen molar-refractivity contribution in [2.45, 2.75) is 24.2 Å². The summed E-state index contributed by atoms with van der Waals surface area (Å²) >= 11 is 0. The Morgan fingerprint density at radius 1 is 1.23 bits per heavy atom. The fourth-order valence-electron chi connectivity index (χ4n) is 2.41. The molecule has 1 saturated heterocycles. The molecule has 0 bridgehead atoms. The SMILES string of the molecule is CN(C)CCCNS(=O)(=O)c1ccc(N2CCCC2=O)cc1. The Hall–Kier alpha value is -1.44. The van der Waals surface area contributed by atoms with Gasteiger partial charge in [-0.3, -0.25) is 4.79 Å². The Kier molecular flexibility index (Phi) is 5.55. The number of amides is 1. The molecule has 1 aromatic carbocycles.